The number of nitrogens with one attached hydrogen (secondary N) is 2. The summed E-state index contributed by atoms with van der Waals surface area (Å²) in [6, 6.07) is 16.8. The number of hydrogen-bond donors (Lipinski definition) is 2. The van der Waals surface area contributed by atoms with Gasteiger partial charge in [0.25, 0.3) is 5.56 Å². The van der Waals surface area contributed by atoms with Crippen molar-refractivity contribution in [2.24, 2.45) is 14.1 Å². The van der Waals surface area contributed by atoms with Crippen molar-refractivity contribution < 1.29 is 4.74 Å². The molecule has 0 saturated carbocycles. The molecular formula is C21H21N7O2. The van der Waals surface area contributed by atoms with E-state index >= 15 is 0 Å². The number of methoxy groups -OCH3 is 1. The van der Waals surface area contributed by atoms with Crippen molar-refractivity contribution in [1.29, 1.82) is 0 Å². The van der Waals surface area contributed by atoms with Gasteiger partial charge in [-0.05, 0) is 24.3 Å². The topological polar surface area (TPSA) is 98.9 Å². The van der Waals surface area contributed by atoms with Crippen LogP contribution in [0.1, 0.15) is 0 Å². The fraction of sp³-hybridized carbons (Fsp3) is 0.143. The highest BCUT2D eigenvalue weighted by Crippen LogP contribution is 2.36. The predicted molar refractivity (Wildman–Crippen MR) is 115 cm³/mol. The molecule has 4 rings (SSSR count). The van der Waals surface area contributed by atoms with Crippen molar-refractivity contribution in [3.05, 3.63) is 71.3 Å². The highest BCUT2D eigenvalue weighted by molar-refractivity contribution is 5.78. The number of para-hydroxylation sites is 2. The summed E-state index contributed by atoms with van der Waals surface area (Å²) in [5.41, 5.74) is 2.30. The number of aromatic nitrogens is 5. The molecule has 9 heteroatoms. The number of aryl methyl sites for hydroxylation is 2. The van der Waals surface area contributed by atoms with Crippen LogP contribution in [0.4, 0.5) is 22.9 Å². The molecule has 2 heterocycles. The Hall–Kier alpha value is -4.14. The minimum Gasteiger partial charge on any atom is -0.494 e. The number of benzene rings is 2. The molecule has 0 aliphatic heterocycles. The Morgan fingerprint density at radius 3 is 2.43 bits per heavy atom. The molecule has 0 atom stereocenters. The molecule has 2 aromatic carbocycles. The first kappa shape index (κ1) is 19.2. The van der Waals surface area contributed by atoms with E-state index in [1.165, 1.54) is 4.68 Å². The van der Waals surface area contributed by atoms with Gasteiger partial charge in [-0.2, -0.15) is 10.2 Å². The molecule has 0 radical (unpaired) electrons. The summed E-state index contributed by atoms with van der Waals surface area (Å²) in [7, 11) is 4.97. The van der Waals surface area contributed by atoms with E-state index in [-0.39, 0.29) is 5.56 Å². The zero-order valence-corrected chi connectivity index (χ0v) is 16.8. The van der Waals surface area contributed by atoms with Crippen LogP contribution in [0.3, 0.4) is 0 Å². The first-order chi connectivity index (χ1) is 14.5. The Labute approximate surface area is 173 Å². The lowest BCUT2D eigenvalue weighted by atomic mass is 10.1. The summed E-state index contributed by atoms with van der Waals surface area (Å²) in [6.07, 6.45) is 1.62. The molecule has 30 heavy (non-hydrogen) atoms. The molecule has 9 nitrogen and oxygen atoms in total. The highest BCUT2D eigenvalue weighted by Gasteiger charge is 2.16. The molecule has 0 amide bonds. The van der Waals surface area contributed by atoms with Crippen LogP contribution < -0.4 is 20.9 Å². The fourth-order valence-corrected chi connectivity index (χ4v) is 3.07. The first-order valence-electron chi connectivity index (χ1n) is 9.25. The molecule has 0 spiro atoms. The van der Waals surface area contributed by atoms with E-state index < -0.39 is 0 Å². The van der Waals surface area contributed by atoms with E-state index in [1.54, 1.807) is 38.3 Å². The summed E-state index contributed by atoms with van der Waals surface area (Å²) < 4.78 is 8.52. The van der Waals surface area contributed by atoms with Crippen molar-refractivity contribution in [2.75, 3.05) is 17.7 Å². The van der Waals surface area contributed by atoms with Crippen LogP contribution in [0.25, 0.3) is 11.4 Å². The number of rotatable bonds is 6. The zero-order chi connectivity index (χ0) is 21.1. The summed E-state index contributed by atoms with van der Waals surface area (Å²) in [6.45, 7) is 0. The lowest BCUT2D eigenvalue weighted by molar-refractivity contribution is 0.418. The van der Waals surface area contributed by atoms with E-state index in [0.29, 0.717) is 28.8 Å². The molecule has 0 bridgehead atoms. The van der Waals surface area contributed by atoms with Gasteiger partial charge in [0.1, 0.15) is 12.0 Å². The Morgan fingerprint density at radius 1 is 0.933 bits per heavy atom. The van der Waals surface area contributed by atoms with Crippen LogP contribution in [0, 0.1) is 0 Å². The molecule has 0 fully saturated rings. The average Bonchev–Trinajstić information content (AvgIpc) is 3.18. The summed E-state index contributed by atoms with van der Waals surface area (Å²) in [4.78, 5) is 17.0. The van der Waals surface area contributed by atoms with Gasteiger partial charge < -0.3 is 15.4 Å². The minimum absolute atomic E-state index is 0.267. The fourth-order valence-electron chi connectivity index (χ4n) is 3.07. The lowest BCUT2D eigenvalue weighted by Gasteiger charge is -2.15. The van der Waals surface area contributed by atoms with Gasteiger partial charge in [0, 0.05) is 25.8 Å². The predicted octanol–water partition coefficient (Wildman–Crippen LogP) is 3.07. The molecule has 2 aromatic heterocycles. The van der Waals surface area contributed by atoms with Crippen molar-refractivity contribution in [2.45, 2.75) is 0 Å². The van der Waals surface area contributed by atoms with Gasteiger partial charge in [-0.1, -0.05) is 24.3 Å². The number of anilines is 4. The second-order valence-electron chi connectivity index (χ2n) is 6.62. The van der Waals surface area contributed by atoms with Crippen molar-refractivity contribution in [3.63, 3.8) is 0 Å². The molecule has 0 aliphatic carbocycles. The van der Waals surface area contributed by atoms with Crippen molar-refractivity contribution >= 4 is 22.9 Å². The Bertz CT molecular complexity index is 1230. The van der Waals surface area contributed by atoms with E-state index in [1.807, 2.05) is 48.5 Å². The van der Waals surface area contributed by atoms with Crippen LogP contribution in [-0.4, -0.2) is 31.7 Å². The monoisotopic (exact) mass is 403 g/mol. The van der Waals surface area contributed by atoms with Gasteiger partial charge in [0.15, 0.2) is 17.4 Å². The summed E-state index contributed by atoms with van der Waals surface area (Å²) >= 11 is 0. The van der Waals surface area contributed by atoms with E-state index in [0.717, 1.165) is 11.3 Å². The highest BCUT2D eigenvalue weighted by atomic mass is 16.5. The van der Waals surface area contributed by atoms with E-state index in [4.69, 9.17) is 4.74 Å². The second kappa shape index (κ2) is 8.08. The maximum Gasteiger partial charge on any atom is 0.290 e. The van der Waals surface area contributed by atoms with Crippen LogP contribution >= 0.6 is 0 Å². The molecule has 152 valence electrons. The Morgan fingerprint density at radius 2 is 1.73 bits per heavy atom. The van der Waals surface area contributed by atoms with Gasteiger partial charge in [-0.3, -0.25) is 9.48 Å². The lowest BCUT2D eigenvalue weighted by Crippen LogP contribution is -2.23. The van der Waals surface area contributed by atoms with Gasteiger partial charge in [0.05, 0.1) is 18.4 Å². The molecule has 0 saturated heterocycles. The number of nitrogens with zero attached hydrogens (tertiary/aromatic N) is 5. The number of hydrogen-bond acceptors (Lipinski definition) is 7. The van der Waals surface area contributed by atoms with Crippen molar-refractivity contribution in [3.8, 4) is 17.1 Å². The largest absolute Gasteiger partial charge is 0.494 e. The molecule has 4 aromatic rings. The molecular weight excluding hydrogens is 382 g/mol. The third-order valence-electron chi connectivity index (χ3n) is 4.44. The van der Waals surface area contributed by atoms with Crippen LogP contribution in [0.15, 0.2) is 65.7 Å². The maximum atomic E-state index is 12.7. The zero-order valence-electron chi connectivity index (χ0n) is 16.8. The van der Waals surface area contributed by atoms with E-state index in [2.05, 4.69) is 25.8 Å². The third-order valence-corrected chi connectivity index (χ3v) is 4.44. The minimum atomic E-state index is -0.267. The van der Waals surface area contributed by atoms with Crippen LogP contribution in [0.2, 0.25) is 0 Å². The molecule has 0 unspecified atom stereocenters. The number of ether oxygens (including phenoxy) is 1. The molecule has 2 N–H and O–H groups in total. The van der Waals surface area contributed by atoms with Gasteiger partial charge in [0.2, 0.25) is 0 Å². The normalized spacial score (nSPS) is 10.6. The standard InChI is InChI=1S/C21H21N7O2/c1-27-13-22-20(26-27)15-10-7-11-16(19(15)30-3)24-17-12-18(25-28(2)21(17)29)23-14-8-5-4-6-9-14/h4-13,24H,1-3H3,(H,23,25). The SMILES string of the molecule is COc1c(Nc2cc(Nc3ccccc3)nn(C)c2=O)cccc1-c1ncn(C)n1. The van der Waals surface area contributed by atoms with Crippen LogP contribution in [0.5, 0.6) is 5.75 Å². The third kappa shape index (κ3) is 3.86. The van der Waals surface area contributed by atoms with Crippen molar-refractivity contribution in [1.82, 2.24) is 24.5 Å². The smallest absolute Gasteiger partial charge is 0.290 e. The Kier molecular flexibility index (Phi) is 5.17. The second-order valence-corrected chi connectivity index (χ2v) is 6.62. The summed E-state index contributed by atoms with van der Waals surface area (Å²) in [5.74, 6) is 1.61. The van der Waals surface area contributed by atoms with Gasteiger partial charge in [-0.15, -0.1) is 0 Å². The Balaban J connectivity index is 1.71. The molecule has 0 aliphatic rings. The van der Waals surface area contributed by atoms with Gasteiger partial charge in [-0.25, -0.2) is 9.67 Å². The van der Waals surface area contributed by atoms with E-state index in [9.17, 15) is 4.79 Å². The average molecular weight is 403 g/mol. The summed E-state index contributed by atoms with van der Waals surface area (Å²) in [5, 5.41) is 15.0. The maximum absolute atomic E-state index is 12.7. The quantitative estimate of drug-likeness (QED) is 0.510. The van der Waals surface area contributed by atoms with Gasteiger partial charge >= 0.3 is 0 Å². The first-order valence-corrected chi connectivity index (χ1v) is 9.25. The van der Waals surface area contributed by atoms with Crippen LogP contribution in [-0.2, 0) is 14.1 Å².